The first-order valence-electron chi connectivity index (χ1n) is 6.20. The molecule has 2 N–H and O–H groups in total. The molecule has 2 fully saturated rings. The Kier molecular flexibility index (Phi) is 3.65. The SMILES string of the molecule is OC(C1CCOCC1)C1(O)CCCCC1. The summed E-state index contributed by atoms with van der Waals surface area (Å²) < 4.78 is 5.28. The van der Waals surface area contributed by atoms with Crippen molar-refractivity contribution in [2.75, 3.05) is 13.2 Å². The molecule has 3 heteroatoms. The first-order valence-corrected chi connectivity index (χ1v) is 6.20. The molecule has 0 radical (unpaired) electrons. The maximum Gasteiger partial charge on any atom is 0.0908 e. The first-order chi connectivity index (χ1) is 7.22. The van der Waals surface area contributed by atoms with Gasteiger partial charge in [0.1, 0.15) is 0 Å². The molecule has 1 aliphatic carbocycles. The fraction of sp³-hybridized carbons (Fsp3) is 1.00. The maximum atomic E-state index is 10.4. The molecule has 0 spiro atoms. The third kappa shape index (κ3) is 2.52. The molecule has 88 valence electrons. The van der Waals surface area contributed by atoms with Gasteiger partial charge in [0.05, 0.1) is 11.7 Å². The highest BCUT2D eigenvalue weighted by atomic mass is 16.5. The quantitative estimate of drug-likeness (QED) is 0.732. The average molecular weight is 214 g/mol. The molecule has 1 saturated heterocycles. The molecule has 0 bridgehead atoms. The smallest absolute Gasteiger partial charge is 0.0908 e. The summed E-state index contributed by atoms with van der Waals surface area (Å²) in [6, 6.07) is 0. The summed E-state index contributed by atoms with van der Waals surface area (Å²) in [7, 11) is 0. The van der Waals surface area contributed by atoms with E-state index in [1.54, 1.807) is 0 Å². The van der Waals surface area contributed by atoms with Crippen LogP contribution in [0.15, 0.2) is 0 Å². The Morgan fingerprint density at radius 1 is 1.07 bits per heavy atom. The van der Waals surface area contributed by atoms with E-state index in [9.17, 15) is 10.2 Å². The normalized spacial score (nSPS) is 30.0. The Bertz CT molecular complexity index is 193. The van der Waals surface area contributed by atoms with E-state index in [1.165, 1.54) is 6.42 Å². The van der Waals surface area contributed by atoms with Crippen LogP contribution in [-0.4, -0.2) is 35.1 Å². The molecular weight excluding hydrogens is 192 g/mol. The summed E-state index contributed by atoms with van der Waals surface area (Å²) in [5, 5.41) is 20.7. The third-order valence-electron chi connectivity index (χ3n) is 3.98. The second-order valence-electron chi connectivity index (χ2n) is 5.06. The van der Waals surface area contributed by atoms with Crippen molar-refractivity contribution in [3.8, 4) is 0 Å². The Balaban J connectivity index is 1.94. The van der Waals surface area contributed by atoms with Gasteiger partial charge in [-0.3, -0.25) is 0 Å². The number of hydrogen-bond donors (Lipinski definition) is 2. The van der Waals surface area contributed by atoms with Crippen molar-refractivity contribution in [3.05, 3.63) is 0 Å². The number of hydrogen-bond acceptors (Lipinski definition) is 3. The third-order valence-corrected chi connectivity index (χ3v) is 3.98. The highest BCUT2D eigenvalue weighted by Gasteiger charge is 2.41. The van der Waals surface area contributed by atoms with Crippen LogP contribution >= 0.6 is 0 Å². The minimum atomic E-state index is -0.805. The van der Waals surface area contributed by atoms with Crippen LogP contribution < -0.4 is 0 Å². The molecule has 3 nitrogen and oxygen atoms in total. The lowest BCUT2D eigenvalue weighted by molar-refractivity contribution is -0.134. The Morgan fingerprint density at radius 2 is 1.67 bits per heavy atom. The summed E-state index contributed by atoms with van der Waals surface area (Å²) in [6.45, 7) is 1.47. The van der Waals surface area contributed by atoms with Crippen LogP contribution in [0.3, 0.4) is 0 Å². The van der Waals surface area contributed by atoms with Crippen LogP contribution in [0.25, 0.3) is 0 Å². The van der Waals surface area contributed by atoms with Gasteiger partial charge in [-0.2, -0.15) is 0 Å². The van der Waals surface area contributed by atoms with E-state index in [0.717, 1.165) is 51.7 Å². The molecule has 15 heavy (non-hydrogen) atoms. The summed E-state index contributed by atoms with van der Waals surface area (Å²) in [5.41, 5.74) is -0.805. The summed E-state index contributed by atoms with van der Waals surface area (Å²) in [6.07, 6.45) is 6.09. The number of aliphatic hydroxyl groups is 2. The van der Waals surface area contributed by atoms with Crippen molar-refractivity contribution in [1.29, 1.82) is 0 Å². The number of aliphatic hydroxyl groups excluding tert-OH is 1. The monoisotopic (exact) mass is 214 g/mol. The van der Waals surface area contributed by atoms with Crippen molar-refractivity contribution < 1.29 is 14.9 Å². The molecule has 0 aromatic rings. The van der Waals surface area contributed by atoms with Gasteiger partial charge in [0.25, 0.3) is 0 Å². The second-order valence-corrected chi connectivity index (χ2v) is 5.06. The molecule has 0 aromatic carbocycles. The van der Waals surface area contributed by atoms with Crippen molar-refractivity contribution in [1.82, 2.24) is 0 Å². The van der Waals surface area contributed by atoms with E-state index in [-0.39, 0.29) is 5.92 Å². The van der Waals surface area contributed by atoms with Crippen LogP contribution in [0.1, 0.15) is 44.9 Å². The lowest BCUT2D eigenvalue weighted by Gasteiger charge is -2.41. The van der Waals surface area contributed by atoms with E-state index in [2.05, 4.69) is 0 Å². The van der Waals surface area contributed by atoms with Crippen molar-refractivity contribution in [2.45, 2.75) is 56.7 Å². The van der Waals surface area contributed by atoms with E-state index in [4.69, 9.17) is 4.74 Å². The van der Waals surface area contributed by atoms with Crippen LogP contribution in [0.2, 0.25) is 0 Å². The molecule has 1 saturated carbocycles. The minimum absolute atomic E-state index is 0.238. The molecule has 0 aromatic heterocycles. The van der Waals surface area contributed by atoms with Gasteiger partial charge in [0, 0.05) is 13.2 Å². The lowest BCUT2D eigenvalue weighted by Crippen LogP contribution is -2.49. The van der Waals surface area contributed by atoms with Crippen molar-refractivity contribution in [3.63, 3.8) is 0 Å². The molecule has 1 aliphatic heterocycles. The van der Waals surface area contributed by atoms with Gasteiger partial charge < -0.3 is 14.9 Å². The van der Waals surface area contributed by atoms with Gasteiger partial charge >= 0.3 is 0 Å². The summed E-state index contributed by atoms with van der Waals surface area (Å²) >= 11 is 0. The van der Waals surface area contributed by atoms with Gasteiger partial charge in [-0.15, -0.1) is 0 Å². The fourth-order valence-electron chi connectivity index (χ4n) is 2.93. The molecular formula is C12H22O3. The Labute approximate surface area is 91.4 Å². The van der Waals surface area contributed by atoms with Crippen LogP contribution in [0.5, 0.6) is 0 Å². The van der Waals surface area contributed by atoms with E-state index < -0.39 is 11.7 Å². The highest BCUT2D eigenvalue weighted by molar-refractivity contribution is 4.93. The van der Waals surface area contributed by atoms with Gasteiger partial charge in [0.15, 0.2) is 0 Å². The van der Waals surface area contributed by atoms with Crippen LogP contribution in [0, 0.1) is 5.92 Å². The standard InChI is InChI=1S/C12H22O3/c13-11(10-4-8-15-9-5-10)12(14)6-2-1-3-7-12/h10-11,13-14H,1-9H2. The molecule has 2 aliphatic rings. The molecule has 2 rings (SSSR count). The van der Waals surface area contributed by atoms with Gasteiger partial charge in [-0.05, 0) is 31.6 Å². The predicted octanol–water partition coefficient (Wildman–Crippen LogP) is 1.47. The molecule has 1 atom stereocenters. The average Bonchev–Trinajstić information content (AvgIpc) is 2.30. The van der Waals surface area contributed by atoms with E-state index in [0.29, 0.717) is 0 Å². The van der Waals surface area contributed by atoms with Crippen LogP contribution in [0.4, 0.5) is 0 Å². The topological polar surface area (TPSA) is 49.7 Å². The number of rotatable bonds is 2. The van der Waals surface area contributed by atoms with E-state index in [1.807, 2.05) is 0 Å². The molecule has 1 heterocycles. The largest absolute Gasteiger partial charge is 0.390 e. The molecule has 0 amide bonds. The fourth-order valence-corrected chi connectivity index (χ4v) is 2.93. The maximum absolute atomic E-state index is 10.4. The Morgan fingerprint density at radius 3 is 2.27 bits per heavy atom. The second kappa shape index (κ2) is 4.81. The molecule has 1 unspecified atom stereocenters. The summed E-state index contributed by atoms with van der Waals surface area (Å²) in [4.78, 5) is 0. The number of ether oxygens (including phenoxy) is 1. The van der Waals surface area contributed by atoms with E-state index >= 15 is 0 Å². The van der Waals surface area contributed by atoms with Gasteiger partial charge in [-0.25, -0.2) is 0 Å². The van der Waals surface area contributed by atoms with Gasteiger partial charge in [-0.1, -0.05) is 19.3 Å². The van der Waals surface area contributed by atoms with Crippen molar-refractivity contribution >= 4 is 0 Å². The lowest BCUT2D eigenvalue weighted by atomic mass is 9.74. The Hall–Kier alpha value is -0.120. The summed E-state index contributed by atoms with van der Waals surface area (Å²) in [5.74, 6) is 0.238. The first kappa shape index (κ1) is 11.4. The van der Waals surface area contributed by atoms with Crippen molar-refractivity contribution in [2.24, 2.45) is 5.92 Å². The van der Waals surface area contributed by atoms with Crippen LogP contribution in [-0.2, 0) is 4.74 Å². The zero-order valence-corrected chi connectivity index (χ0v) is 9.32. The van der Waals surface area contributed by atoms with Gasteiger partial charge in [0.2, 0.25) is 0 Å². The highest BCUT2D eigenvalue weighted by Crippen LogP contribution is 2.36. The predicted molar refractivity (Wildman–Crippen MR) is 57.6 cm³/mol. The zero-order chi connectivity index (χ0) is 10.7. The zero-order valence-electron chi connectivity index (χ0n) is 9.32. The minimum Gasteiger partial charge on any atom is -0.390 e.